The standard InChI is InChI=1S/C25H26INO6S/c1-5-31-19-12-17(11-18(26)22(19)32-15-16-9-7-6-8-10-16)13-20-23(29)27(24(30)34-20)14-21(28)33-25(2,3)4/h6-13H,5,14-15H2,1-4H3. The lowest BCUT2D eigenvalue weighted by Gasteiger charge is -2.21. The van der Waals surface area contributed by atoms with Gasteiger partial charge in [0, 0.05) is 0 Å². The van der Waals surface area contributed by atoms with Crippen molar-refractivity contribution in [1.29, 1.82) is 0 Å². The lowest BCUT2D eigenvalue weighted by molar-refractivity contribution is -0.156. The number of hydrogen-bond acceptors (Lipinski definition) is 7. The van der Waals surface area contributed by atoms with E-state index in [1.807, 2.05) is 43.3 Å². The van der Waals surface area contributed by atoms with E-state index < -0.39 is 29.3 Å². The number of rotatable bonds is 8. The molecule has 0 spiro atoms. The van der Waals surface area contributed by atoms with Crippen LogP contribution >= 0.6 is 34.4 Å². The van der Waals surface area contributed by atoms with E-state index in [0.717, 1.165) is 25.8 Å². The molecule has 0 aliphatic carbocycles. The summed E-state index contributed by atoms with van der Waals surface area (Å²) in [4.78, 5) is 38.4. The number of carbonyl (C=O) groups is 3. The van der Waals surface area contributed by atoms with Gasteiger partial charge in [0.2, 0.25) is 0 Å². The minimum atomic E-state index is -0.703. The van der Waals surface area contributed by atoms with E-state index in [4.69, 9.17) is 14.2 Å². The molecule has 0 unspecified atom stereocenters. The highest BCUT2D eigenvalue weighted by Gasteiger charge is 2.37. The van der Waals surface area contributed by atoms with Gasteiger partial charge in [-0.05, 0) is 91.4 Å². The van der Waals surface area contributed by atoms with E-state index in [0.29, 0.717) is 30.3 Å². The smallest absolute Gasteiger partial charge is 0.326 e. The van der Waals surface area contributed by atoms with Gasteiger partial charge in [0.25, 0.3) is 11.1 Å². The average molecular weight is 595 g/mol. The summed E-state index contributed by atoms with van der Waals surface area (Å²) < 4.78 is 17.9. The summed E-state index contributed by atoms with van der Waals surface area (Å²) in [7, 11) is 0. The highest BCUT2D eigenvalue weighted by atomic mass is 127. The Labute approximate surface area is 217 Å². The van der Waals surface area contributed by atoms with Gasteiger partial charge in [-0.2, -0.15) is 0 Å². The average Bonchev–Trinajstić information content (AvgIpc) is 3.00. The molecule has 0 radical (unpaired) electrons. The molecular weight excluding hydrogens is 569 g/mol. The third kappa shape index (κ3) is 6.99. The van der Waals surface area contributed by atoms with Gasteiger partial charge in [-0.3, -0.25) is 19.3 Å². The zero-order valence-electron chi connectivity index (χ0n) is 19.4. The summed E-state index contributed by atoms with van der Waals surface area (Å²) in [6.07, 6.45) is 1.62. The van der Waals surface area contributed by atoms with Crippen LogP contribution in [0.25, 0.3) is 6.08 Å². The molecule has 0 bridgehead atoms. The molecule has 1 aliphatic rings. The minimum absolute atomic E-state index is 0.227. The number of esters is 1. The van der Waals surface area contributed by atoms with Crippen molar-refractivity contribution in [2.45, 2.75) is 39.9 Å². The molecule has 2 aromatic carbocycles. The number of ether oxygens (including phenoxy) is 3. The molecule has 2 amide bonds. The molecule has 9 heteroatoms. The molecule has 3 rings (SSSR count). The number of thioether (sulfide) groups is 1. The number of nitrogens with zero attached hydrogens (tertiary/aromatic N) is 1. The topological polar surface area (TPSA) is 82.1 Å². The first kappa shape index (κ1) is 26.1. The normalized spacial score (nSPS) is 15.1. The van der Waals surface area contributed by atoms with Crippen LogP contribution in [-0.2, 0) is 20.9 Å². The van der Waals surface area contributed by atoms with Crippen LogP contribution in [0.4, 0.5) is 4.79 Å². The van der Waals surface area contributed by atoms with Crippen LogP contribution in [-0.4, -0.2) is 40.8 Å². The molecule has 2 aromatic rings. The second-order valence-corrected chi connectivity index (χ2v) is 10.5. The van der Waals surface area contributed by atoms with Crippen molar-refractivity contribution in [3.8, 4) is 11.5 Å². The van der Waals surface area contributed by atoms with Crippen LogP contribution in [0.1, 0.15) is 38.8 Å². The minimum Gasteiger partial charge on any atom is -0.490 e. The molecule has 1 saturated heterocycles. The second-order valence-electron chi connectivity index (χ2n) is 8.39. The third-order valence-corrected chi connectivity index (χ3v) is 6.14. The first-order chi connectivity index (χ1) is 16.1. The molecule has 0 aromatic heterocycles. The van der Waals surface area contributed by atoms with Crippen LogP contribution in [0.2, 0.25) is 0 Å². The molecular formula is C25H26INO6S. The number of hydrogen-bond donors (Lipinski definition) is 0. The summed E-state index contributed by atoms with van der Waals surface area (Å²) in [5.41, 5.74) is 1.01. The molecule has 1 fully saturated rings. The Morgan fingerprint density at radius 1 is 1.12 bits per heavy atom. The Balaban J connectivity index is 1.80. The fraction of sp³-hybridized carbons (Fsp3) is 0.320. The molecule has 7 nitrogen and oxygen atoms in total. The van der Waals surface area contributed by atoms with Gasteiger partial charge in [0.15, 0.2) is 11.5 Å². The zero-order valence-corrected chi connectivity index (χ0v) is 22.4. The summed E-state index contributed by atoms with van der Waals surface area (Å²) in [5, 5.41) is -0.510. The Hall–Kier alpha value is -2.53. The number of amides is 2. The van der Waals surface area contributed by atoms with Crippen molar-refractivity contribution in [2.24, 2.45) is 0 Å². The van der Waals surface area contributed by atoms with E-state index >= 15 is 0 Å². The van der Waals surface area contributed by atoms with Crippen LogP contribution in [0, 0.1) is 3.57 Å². The predicted molar refractivity (Wildman–Crippen MR) is 140 cm³/mol. The monoisotopic (exact) mass is 595 g/mol. The maximum atomic E-state index is 12.8. The number of carbonyl (C=O) groups excluding carboxylic acids is 3. The van der Waals surface area contributed by atoms with E-state index in [-0.39, 0.29) is 4.91 Å². The number of benzene rings is 2. The van der Waals surface area contributed by atoms with Crippen molar-refractivity contribution in [3.63, 3.8) is 0 Å². The first-order valence-corrected chi connectivity index (χ1v) is 12.6. The van der Waals surface area contributed by atoms with Gasteiger partial charge < -0.3 is 14.2 Å². The van der Waals surface area contributed by atoms with E-state index in [2.05, 4.69) is 22.6 Å². The fourth-order valence-electron chi connectivity index (χ4n) is 3.09. The summed E-state index contributed by atoms with van der Waals surface area (Å²) in [6.45, 7) is 7.46. The third-order valence-electron chi connectivity index (χ3n) is 4.44. The zero-order chi connectivity index (χ0) is 24.9. The molecule has 0 N–H and O–H groups in total. The van der Waals surface area contributed by atoms with Crippen LogP contribution < -0.4 is 9.47 Å². The van der Waals surface area contributed by atoms with Crippen molar-refractivity contribution in [1.82, 2.24) is 4.90 Å². The van der Waals surface area contributed by atoms with Gasteiger partial charge in [0.05, 0.1) is 15.1 Å². The van der Waals surface area contributed by atoms with Crippen LogP contribution in [0.3, 0.4) is 0 Å². The SMILES string of the molecule is CCOc1cc(C=C2SC(=O)N(CC(=O)OC(C)(C)C)C2=O)cc(I)c1OCc1ccccc1. The van der Waals surface area contributed by atoms with Crippen molar-refractivity contribution in [2.75, 3.05) is 13.2 Å². The Bertz CT molecular complexity index is 1110. The van der Waals surface area contributed by atoms with Gasteiger partial charge in [-0.1, -0.05) is 30.3 Å². The van der Waals surface area contributed by atoms with Gasteiger partial charge >= 0.3 is 5.97 Å². The molecule has 0 saturated carbocycles. The first-order valence-electron chi connectivity index (χ1n) is 10.7. The highest BCUT2D eigenvalue weighted by molar-refractivity contribution is 14.1. The highest BCUT2D eigenvalue weighted by Crippen LogP contribution is 2.38. The van der Waals surface area contributed by atoms with Crippen LogP contribution in [0.5, 0.6) is 11.5 Å². The molecule has 0 atom stereocenters. The van der Waals surface area contributed by atoms with Crippen LogP contribution in [0.15, 0.2) is 47.4 Å². The van der Waals surface area contributed by atoms with Crippen molar-refractivity contribution in [3.05, 3.63) is 62.1 Å². The summed E-state index contributed by atoms with van der Waals surface area (Å²) in [5.74, 6) is -0.00609. The Kier molecular flexibility index (Phi) is 8.64. The van der Waals surface area contributed by atoms with E-state index in [1.165, 1.54) is 0 Å². The maximum Gasteiger partial charge on any atom is 0.326 e. The van der Waals surface area contributed by atoms with Gasteiger partial charge in [-0.25, -0.2) is 0 Å². The van der Waals surface area contributed by atoms with Gasteiger partial charge in [-0.15, -0.1) is 0 Å². The molecule has 180 valence electrons. The Morgan fingerprint density at radius 3 is 2.47 bits per heavy atom. The maximum absolute atomic E-state index is 12.8. The van der Waals surface area contributed by atoms with Gasteiger partial charge in [0.1, 0.15) is 18.8 Å². The lowest BCUT2D eigenvalue weighted by Crippen LogP contribution is -2.37. The lowest BCUT2D eigenvalue weighted by atomic mass is 10.1. The number of halogens is 1. The predicted octanol–water partition coefficient (Wildman–Crippen LogP) is 5.65. The summed E-state index contributed by atoms with van der Waals surface area (Å²) >= 11 is 2.95. The quantitative estimate of drug-likeness (QED) is 0.222. The fourth-order valence-corrected chi connectivity index (χ4v) is 4.71. The molecule has 1 aliphatic heterocycles. The van der Waals surface area contributed by atoms with E-state index in [1.54, 1.807) is 32.9 Å². The Morgan fingerprint density at radius 2 is 1.82 bits per heavy atom. The molecule has 1 heterocycles. The largest absolute Gasteiger partial charge is 0.490 e. The molecule has 34 heavy (non-hydrogen) atoms. The summed E-state index contributed by atoms with van der Waals surface area (Å²) in [6, 6.07) is 13.4. The van der Waals surface area contributed by atoms with E-state index in [9.17, 15) is 14.4 Å². The van der Waals surface area contributed by atoms with Crippen molar-refractivity contribution >= 4 is 57.5 Å². The number of imide groups is 1. The second kappa shape index (κ2) is 11.3. The van der Waals surface area contributed by atoms with Crippen molar-refractivity contribution < 1.29 is 28.6 Å².